The van der Waals surface area contributed by atoms with Crippen LogP contribution < -0.4 is 9.47 Å². The summed E-state index contributed by atoms with van der Waals surface area (Å²) in [6.45, 7) is 0.702. The second-order valence-electron chi connectivity index (χ2n) is 10.6. The lowest BCUT2D eigenvalue weighted by Crippen LogP contribution is -2.60. The quantitative estimate of drug-likeness (QED) is 0.114. The van der Waals surface area contributed by atoms with E-state index >= 15 is 0 Å². The molecule has 14 nitrogen and oxygen atoms in total. The molecule has 3 rings (SSSR count). The highest BCUT2D eigenvalue weighted by Crippen LogP contribution is 2.46. The van der Waals surface area contributed by atoms with Crippen molar-refractivity contribution < 1.29 is 70.0 Å². The Morgan fingerprint density at radius 3 is 1.44 bits per heavy atom. The Labute approximate surface area is 237 Å². The van der Waals surface area contributed by atoms with E-state index in [-0.39, 0.29) is 23.5 Å². The van der Waals surface area contributed by atoms with Gasteiger partial charge in [-0.05, 0) is 12.8 Å². The minimum atomic E-state index is -1.79. The zero-order valence-corrected chi connectivity index (χ0v) is 23.0. The lowest BCUT2D eigenvalue weighted by molar-refractivity contribution is -0.279. The van der Waals surface area contributed by atoms with Crippen LogP contribution in [0.1, 0.15) is 57.4 Å². The van der Waals surface area contributed by atoms with E-state index in [9.17, 15) is 51.1 Å². The van der Waals surface area contributed by atoms with Crippen LogP contribution in [0, 0.1) is 0 Å². The fraction of sp³-hybridized carbons (Fsp3) is 0.778. The summed E-state index contributed by atoms with van der Waals surface area (Å²) in [5, 5.41) is 102. The summed E-state index contributed by atoms with van der Waals surface area (Å²) in [5.74, 6) is -1.78. The monoisotopic (exact) mass is 592 g/mol. The van der Waals surface area contributed by atoms with E-state index in [1.807, 2.05) is 0 Å². The number of unbranched alkanes of at least 4 members (excludes halogenated alkanes) is 6. The van der Waals surface area contributed by atoms with Crippen LogP contribution in [0.4, 0.5) is 0 Å². The minimum absolute atomic E-state index is 0.0741. The van der Waals surface area contributed by atoms with Crippen LogP contribution in [0.5, 0.6) is 23.0 Å². The van der Waals surface area contributed by atoms with Gasteiger partial charge < -0.3 is 70.0 Å². The second kappa shape index (κ2) is 15.5. The van der Waals surface area contributed by atoms with Gasteiger partial charge in [-0.3, -0.25) is 0 Å². The summed E-state index contributed by atoms with van der Waals surface area (Å²) in [7, 11) is 0. The maximum absolute atomic E-state index is 10.7. The lowest BCUT2D eigenvalue weighted by atomic mass is 9.98. The molecule has 10 atom stereocenters. The van der Waals surface area contributed by atoms with Crippen LogP contribution in [0.25, 0.3) is 0 Å². The van der Waals surface area contributed by atoms with E-state index < -0.39 is 86.1 Å². The molecule has 0 radical (unpaired) electrons. The van der Waals surface area contributed by atoms with Gasteiger partial charge in [0.1, 0.15) is 48.8 Å². The molecule has 2 fully saturated rings. The van der Waals surface area contributed by atoms with Gasteiger partial charge in [-0.1, -0.05) is 45.4 Å². The Kier molecular flexibility index (Phi) is 12.7. The van der Waals surface area contributed by atoms with Crippen molar-refractivity contribution >= 4 is 0 Å². The minimum Gasteiger partial charge on any atom is -0.504 e. The van der Waals surface area contributed by atoms with Crippen molar-refractivity contribution in [3.05, 3.63) is 11.6 Å². The van der Waals surface area contributed by atoms with Crippen molar-refractivity contribution in [2.75, 3.05) is 13.2 Å². The van der Waals surface area contributed by atoms with Gasteiger partial charge in [0.05, 0.1) is 13.2 Å². The van der Waals surface area contributed by atoms with Gasteiger partial charge in [-0.2, -0.15) is 0 Å². The van der Waals surface area contributed by atoms with E-state index in [0.717, 1.165) is 44.6 Å². The highest BCUT2D eigenvalue weighted by atomic mass is 16.7. The standard InChI is InChI=1S/C27H44O14/c1-2-3-4-5-6-7-8-9-13-24(40-26-22(36)20(34)18(32)16(11-28)38-26)14(30)10-15(31)25(13)41-27-23(37)21(35)19(33)17(12-29)39-27/h10,16-23,26-37H,2-9,11-12H2,1H3/t16-,17-,18-,19-,20+,21+,22-,23-,26+,27+/m1/s1. The molecule has 236 valence electrons. The third kappa shape index (κ3) is 7.90. The van der Waals surface area contributed by atoms with Gasteiger partial charge >= 0.3 is 0 Å². The Balaban J connectivity index is 1.92. The molecule has 10 N–H and O–H groups in total. The predicted octanol–water partition coefficient (Wildman–Crippen LogP) is -1.25. The largest absolute Gasteiger partial charge is 0.504 e. The Bertz CT molecular complexity index is 881. The first kappa shape index (κ1) is 33.5. The van der Waals surface area contributed by atoms with Crippen molar-refractivity contribution in [2.45, 2.75) is 120 Å². The first-order valence-corrected chi connectivity index (χ1v) is 14.1. The Morgan fingerprint density at radius 2 is 1.02 bits per heavy atom. The fourth-order valence-electron chi connectivity index (χ4n) is 4.98. The highest BCUT2D eigenvalue weighted by molar-refractivity contribution is 5.60. The topological polar surface area (TPSA) is 239 Å². The summed E-state index contributed by atoms with van der Waals surface area (Å²) >= 11 is 0. The van der Waals surface area contributed by atoms with Crippen LogP contribution >= 0.6 is 0 Å². The molecule has 1 aromatic carbocycles. The van der Waals surface area contributed by atoms with Gasteiger partial charge in [0.15, 0.2) is 23.0 Å². The van der Waals surface area contributed by atoms with Crippen molar-refractivity contribution in [3.8, 4) is 23.0 Å². The normalized spacial score (nSPS) is 34.0. The summed E-state index contributed by atoms with van der Waals surface area (Å²) in [4.78, 5) is 0. The Morgan fingerprint density at radius 1 is 0.610 bits per heavy atom. The summed E-state index contributed by atoms with van der Waals surface area (Å²) in [5.41, 5.74) is 0.0741. The smallest absolute Gasteiger partial charge is 0.229 e. The molecule has 2 heterocycles. The zero-order valence-electron chi connectivity index (χ0n) is 23.0. The first-order chi connectivity index (χ1) is 19.5. The average Bonchev–Trinajstić information content (AvgIpc) is 2.95. The summed E-state index contributed by atoms with van der Waals surface area (Å²) in [6, 6.07) is 0.868. The van der Waals surface area contributed by atoms with E-state index in [4.69, 9.17) is 18.9 Å². The van der Waals surface area contributed by atoms with E-state index in [0.29, 0.717) is 6.42 Å². The van der Waals surface area contributed by atoms with E-state index in [1.165, 1.54) is 0 Å². The molecule has 0 bridgehead atoms. The fourth-order valence-corrected chi connectivity index (χ4v) is 4.98. The molecule has 2 saturated heterocycles. The van der Waals surface area contributed by atoms with Crippen molar-refractivity contribution in [1.29, 1.82) is 0 Å². The highest BCUT2D eigenvalue weighted by Gasteiger charge is 2.47. The number of benzene rings is 1. The van der Waals surface area contributed by atoms with E-state index in [2.05, 4.69) is 6.92 Å². The number of phenolic OH excluding ortho intramolecular Hbond substituents is 2. The third-order valence-corrected chi connectivity index (χ3v) is 7.48. The number of hydrogen-bond acceptors (Lipinski definition) is 14. The number of phenols is 2. The van der Waals surface area contributed by atoms with Gasteiger partial charge in [-0.25, -0.2) is 0 Å². The second-order valence-corrected chi connectivity index (χ2v) is 10.6. The van der Waals surface area contributed by atoms with Crippen LogP contribution in [0.2, 0.25) is 0 Å². The van der Waals surface area contributed by atoms with Gasteiger partial charge in [-0.15, -0.1) is 0 Å². The summed E-state index contributed by atoms with van der Waals surface area (Å²) in [6.07, 6.45) is -9.56. The molecule has 0 saturated carbocycles. The lowest BCUT2D eigenvalue weighted by Gasteiger charge is -2.40. The maximum atomic E-state index is 10.7. The molecule has 0 unspecified atom stereocenters. The molecule has 1 aromatic rings. The number of aromatic hydroxyl groups is 2. The number of aliphatic hydroxyl groups excluding tert-OH is 8. The number of ether oxygens (including phenoxy) is 4. The summed E-state index contributed by atoms with van der Waals surface area (Å²) < 4.78 is 22.3. The predicted molar refractivity (Wildman–Crippen MR) is 140 cm³/mol. The van der Waals surface area contributed by atoms with Crippen LogP contribution in [-0.2, 0) is 15.9 Å². The first-order valence-electron chi connectivity index (χ1n) is 14.1. The maximum Gasteiger partial charge on any atom is 0.229 e. The van der Waals surface area contributed by atoms with Crippen LogP contribution in [-0.4, -0.2) is 126 Å². The molecular weight excluding hydrogens is 548 g/mol. The van der Waals surface area contributed by atoms with Crippen LogP contribution in [0.15, 0.2) is 6.07 Å². The third-order valence-electron chi connectivity index (χ3n) is 7.48. The number of rotatable bonds is 14. The molecule has 0 aromatic heterocycles. The van der Waals surface area contributed by atoms with Gasteiger partial charge in [0.25, 0.3) is 0 Å². The molecule has 0 aliphatic carbocycles. The SMILES string of the molecule is CCCCCCCCCc1c(O[C@@H]2O[C@H](CO)[C@@H](O)[C@H](O)[C@H]2O)c(O)cc(O)c1O[C@@H]1O[C@H](CO)[C@@H](O)[C@H](O)[C@H]1O. The van der Waals surface area contributed by atoms with Crippen molar-refractivity contribution in [3.63, 3.8) is 0 Å². The van der Waals surface area contributed by atoms with Crippen molar-refractivity contribution in [2.24, 2.45) is 0 Å². The van der Waals surface area contributed by atoms with Gasteiger partial charge in [0, 0.05) is 11.6 Å². The number of aliphatic hydroxyl groups is 8. The molecule has 0 amide bonds. The molecular formula is C27H44O14. The Hall–Kier alpha value is -1.98. The molecule has 2 aliphatic heterocycles. The van der Waals surface area contributed by atoms with E-state index in [1.54, 1.807) is 0 Å². The molecule has 41 heavy (non-hydrogen) atoms. The van der Waals surface area contributed by atoms with Crippen molar-refractivity contribution in [1.82, 2.24) is 0 Å². The van der Waals surface area contributed by atoms with Gasteiger partial charge in [0.2, 0.25) is 12.6 Å². The molecule has 0 spiro atoms. The average molecular weight is 593 g/mol. The van der Waals surface area contributed by atoms with Crippen LogP contribution in [0.3, 0.4) is 0 Å². The zero-order chi connectivity index (χ0) is 30.3. The number of hydrogen-bond donors (Lipinski definition) is 10. The molecule has 2 aliphatic rings. The molecule has 14 heteroatoms.